The smallest absolute Gasteiger partial charge is 0.256 e. The van der Waals surface area contributed by atoms with E-state index in [0.29, 0.717) is 0 Å². The summed E-state index contributed by atoms with van der Waals surface area (Å²) in [7, 11) is 0. The van der Waals surface area contributed by atoms with E-state index in [-0.39, 0.29) is 13.4 Å². The summed E-state index contributed by atoms with van der Waals surface area (Å²) in [5, 5.41) is 0. The lowest BCUT2D eigenvalue weighted by Crippen LogP contribution is -2.64. The summed E-state index contributed by atoms with van der Waals surface area (Å²) in [6.07, 6.45) is 6.43. The highest BCUT2D eigenvalue weighted by Gasteiger charge is 2.49. The molecule has 0 fully saturated rings. The van der Waals surface area contributed by atoms with Crippen LogP contribution in [0, 0.1) is 0 Å². The molecule has 0 unspecified atom stereocenters. The van der Waals surface area contributed by atoms with Crippen LogP contribution in [0.3, 0.4) is 0 Å². The highest BCUT2D eigenvalue weighted by molar-refractivity contribution is 7.02. The van der Waals surface area contributed by atoms with Crippen LogP contribution < -0.4 is 61.9 Å². The Morgan fingerprint density at radius 3 is 1.71 bits per heavy atom. The number of aryl methyl sites for hydroxylation is 2. The SMILES string of the molecule is c1ccc(N2c3ccccc3B3c4cc5c6c(c4Oc4cc(N7CCCc8ccccc87)cc2c43)CCCN6c2cc(N3CCCc4ccccc43)cc3c2B5c2ccccc2O3)cc1. The predicted molar refractivity (Wildman–Crippen MR) is 269 cm³/mol. The van der Waals surface area contributed by atoms with Crippen molar-refractivity contribution in [2.24, 2.45) is 0 Å². The first-order valence-electron chi connectivity index (χ1n) is 23.7. The van der Waals surface area contributed by atoms with Gasteiger partial charge in [-0.3, -0.25) is 0 Å². The number of hydrogen-bond donors (Lipinski definition) is 0. The fourth-order valence-electron chi connectivity index (χ4n) is 12.8. The molecule has 0 N–H and O–H groups in total. The number of rotatable bonds is 3. The standard InChI is InChI=1S/C57H44B2N4O2/c1-2-19-38(20-3-1)63-48-26-10-6-22-42(48)58-45-35-44-56-41(57(45)65-53-34-40(32-50(63)55(53)58)61-29-13-18-37-16-5-9-25-47(37)61)21-14-30-62(56)49-31-39(60-28-12-17-36-15-4-8-24-46(36)60)33-52-54(49)59(44)43-23-7-11-27-51(43)64-52/h1-11,15-16,19-20,22-27,31-35H,12-14,17-18,21,28-30H2. The van der Waals surface area contributed by atoms with Crippen molar-refractivity contribution in [3.63, 3.8) is 0 Å². The van der Waals surface area contributed by atoms with Crippen LogP contribution in [-0.4, -0.2) is 33.1 Å². The molecule has 8 aromatic carbocycles. The number of hydrogen-bond acceptors (Lipinski definition) is 6. The minimum absolute atomic E-state index is 0.0166. The van der Waals surface area contributed by atoms with Gasteiger partial charge in [-0.1, -0.05) is 97.1 Å². The summed E-state index contributed by atoms with van der Waals surface area (Å²) in [6.45, 7) is 2.89. The van der Waals surface area contributed by atoms with Gasteiger partial charge in [0.25, 0.3) is 13.4 Å². The summed E-state index contributed by atoms with van der Waals surface area (Å²) in [5.41, 5.74) is 22.9. The van der Waals surface area contributed by atoms with Crippen molar-refractivity contribution in [1.29, 1.82) is 0 Å². The Kier molecular flexibility index (Phi) is 7.55. The third-order valence-electron chi connectivity index (χ3n) is 15.4. The summed E-state index contributed by atoms with van der Waals surface area (Å²) < 4.78 is 14.6. The third-order valence-corrected chi connectivity index (χ3v) is 15.4. The highest BCUT2D eigenvalue weighted by atomic mass is 16.5. The Morgan fingerprint density at radius 1 is 0.385 bits per heavy atom. The number of anilines is 9. The van der Waals surface area contributed by atoms with E-state index in [1.807, 2.05) is 0 Å². The van der Waals surface area contributed by atoms with Crippen LogP contribution in [0.5, 0.6) is 23.0 Å². The van der Waals surface area contributed by atoms with Gasteiger partial charge < -0.3 is 29.1 Å². The first kappa shape index (κ1) is 36.1. The second kappa shape index (κ2) is 13.6. The highest BCUT2D eigenvalue weighted by Crippen LogP contribution is 2.50. The second-order valence-corrected chi connectivity index (χ2v) is 18.8. The zero-order chi connectivity index (χ0) is 42.3. The Balaban J connectivity index is 0.976. The normalized spacial score (nSPS) is 16.4. The molecule has 8 aromatic rings. The van der Waals surface area contributed by atoms with E-state index < -0.39 is 0 Å². The van der Waals surface area contributed by atoms with Gasteiger partial charge in [0.05, 0.1) is 0 Å². The van der Waals surface area contributed by atoms with Gasteiger partial charge in [0.1, 0.15) is 23.0 Å². The molecule has 0 bridgehead atoms. The number of benzene rings is 8. The molecule has 0 amide bonds. The Hall–Kier alpha value is -7.31. The molecule has 0 atom stereocenters. The molecule has 7 aliphatic rings. The molecule has 0 aromatic heterocycles. The van der Waals surface area contributed by atoms with Crippen molar-refractivity contribution in [1.82, 2.24) is 0 Å². The van der Waals surface area contributed by atoms with Crippen molar-refractivity contribution in [2.75, 3.05) is 39.2 Å². The fraction of sp³-hybridized carbons (Fsp3) is 0.158. The van der Waals surface area contributed by atoms with Crippen LogP contribution in [-0.2, 0) is 19.3 Å². The summed E-state index contributed by atoms with van der Waals surface area (Å²) in [5.74, 6) is 3.92. The minimum atomic E-state index is -0.0166. The van der Waals surface area contributed by atoms with Gasteiger partial charge in [-0.05, 0) is 131 Å². The van der Waals surface area contributed by atoms with Gasteiger partial charge in [-0.25, -0.2) is 0 Å². The van der Waals surface area contributed by atoms with Crippen LogP contribution in [0.25, 0.3) is 0 Å². The largest absolute Gasteiger partial charge is 0.458 e. The zero-order valence-corrected chi connectivity index (χ0v) is 36.1. The fourth-order valence-corrected chi connectivity index (χ4v) is 12.8. The van der Waals surface area contributed by atoms with Crippen LogP contribution in [0.15, 0.2) is 158 Å². The Bertz CT molecular complexity index is 3340. The molecule has 0 spiro atoms. The van der Waals surface area contributed by atoms with Gasteiger partial charge >= 0.3 is 0 Å². The average molecular weight is 839 g/mol. The molecular weight excluding hydrogens is 794 g/mol. The molecule has 7 heterocycles. The molecule has 65 heavy (non-hydrogen) atoms. The molecular formula is C57H44B2N4O2. The first-order valence-corrected chi connectivity index (χ1v) is 23.7. The predicted octanol–water partition coefficient (Wildman–Crippen LogP) is 9.28. The molecule has 0 aliphatic carbocycles. The van der Waals surface area contributed by atoms with E-state index >= 15 is 0 Å². The van der Waals surface area contributed by atoms with Crippen molar-refractivity contribution in [3.05, 3.63) is 174 Å². The molecule has 310 valence electrons. The van der Waals surface area contributed by atoms with E-state index in [1.165, 1.54) is 95.0 Å². The number of para-hydroxylation sites is 5. The summed E-state index contributed by atoms with van der Waals surface area (Å²) >= 11 is 0. The number of fused-ring (bicyclic) bond motifs is 11. The number of nitrogens with zero attached hydrogens (tertiary/aromatic N) is 4. The molecule has 0 radical (unpaired) electrons. The van der Waals surface area contributed by atoms with Crippen molar-refractivity contribution < 1.29 is 9.47 Å². The van der Waals surface area contributed by atoms with Crippen molar-refractivity contribution >= 4 is 97.4 Å². The lowest BCUT2D eigenvalue weighted by Gasteiger charge is -2.46. The average Bonchev–Trinajstić information content (AvgIpc) is 3.37. The quantitative estimate of drug-likeness (QED) is 0.165. The lowest BCUT2D eigenvalue weighted by atomic mass is 9.30. The topological polar surface area (TPSA) is 31.4 Å². The summed E-state index contributed by atoms with van der Waals surface area (Å²) in [6, 6.07) is 58.8. The van der Waals surface area contributed by atoms with E-state index in [9.17, 15) is 0 Å². The summed E-state index contributed by atoms with van der Waals surface area (Å²) in [4.78, 5) is 10.2. The Labute approximate surface area is 380 Å². The van der Waals surface area contributed by atoms with Gasteiger partial charge in [-0.2, -0.15) is 0 Å². The molecule has 6 nitrogen and oxygen atoms in total. The van der Waals surface area contributed by atoms with E-state index in [1.54, 1.807) is 0 Å². The van der Waals surface area contributed by atoms with Gasteiger partial charge in [0.15, 0.2) is 0 Å². The second-order valence-electron chi connectivity index (χ2n) is 18.8. The van der Waals surface area contributed by atoms with Crippen molar-refractivity contribution in [3.8, 4) is 23.0 Å². The van der Waals surface area contributed by atoms with Gasteiger partial charge in [0.2, 0.25) is 0 Å². The van der Waals surface area contributed by atoms with Crippen LogP contribution >= 0.6 is 0 Å². The van der Waals surface area contributed by atoms with Crippen LogP contribution in [0.4, 0.5) is 51.2 Å². The van der Waals surface area contributed by atoms with Gasteiger partial charge in [0, 0.05) is 88.5 Å². The van der Waals surface area contributed by atoms with E-state index in [4.69, 9.17) is 9.47 Å². The van der Waals surface area contributed by atoms with Gasteiger partial charge in [-0.15, -0.1) is 0 Å². The molecule has 15 rings (SSSR count). The molecule has 0 saturated heterocycles. The van der Waals surface area contributed by atoms with E-state index in [0.717, 1.165) is 86.8 Å². The van der Waals surface area contributed by atoms with Crippen molar-refractivity contribution in [2.45, 2.75) is 38.5 Å². The van der Waals surface area contributed by atoms with Crippen LogP contribution in [0.1, 0.15) is 36.0 Å². The lowest BCUT2D eigenvalue weighted by molar-refractivity contribution is 0.478. The third kappa shape index (κ3) is 5.08. The zero-order valence-electron chi connectivity index (χ0n) is 36.1. The molecule has 8 heteroatoms. The maximum absolute atomic E-state index is 7.62. The first-order chi connectivity index (χ1) is 32.2. The van der Waals surface area contributed by atoms with E-state index in [2.05, 4.69) is 177 Å². The molecule has 7 aliphatic heterocycles. The number of ether oxygens (including phenoxy) is 2. The molecule has 0 saturated carbocycles. The maximum Gasteiger partial charge on any atom is 0.256 e. The van der Waals surface area contributed by atoms with Crippen LogP contribution in [0.2, 0.25) is 0 Å². The maximum atomic E-state index is 7.62. The monoisotopic (exact) mass is 838 g/mol. The minimum Gasteiger partial charge on any atom is -0.458 e. The Morgan fingerprint density at radius 2 is 0.954 bits per heavy atom.